The SMILES string of the molecule is CS(C)(C)OC1=C(OS(C)(C)C)CCCC1. The van der Waals surface area contributed by atoms with Crippen molar-refractivity contribution in [3.05, 3.63) is 11.5 Å². The van der Waals surface area contributed by atoms with Crippen LogP contribution in [-0.4, -0.2) is 37.5 Å². The minimum atomic E-state index is -0.941. The maximum atomic E-state index is 6.09. The van der Waals surface area contributed by atoms with Gasteiger partial charge in [0.15, 0.2) is 11.5 Å². The summed E-state index contributed by atoms with van der Waals surface area (Å²) in [5.74, 6) is 2.24. The third-order valence-corrected chi connectivity index (χ3v) is 3.47. The van der Waals surface area contributed by atoms with Gasteiger partial charge in [-0.2, -0.15) is 0 Å². The van der Waals surface area contributed by atoms with Crippen molar-refractivity contribution in [3.63, 3.8) is 0 Å². The first kappa shape index (κ1) is 14.1. The standard InChI is InChI=1S/C12H26O2S2/c1-15(2,3)13-11-9-7-8-10-12(11)14-16(4,5)6/h7-10H2,1-6H3. The van der Waals surface area contributed by atoms with E-state index in [1.165, 1.54) is 12.8 Å². The molecule has 16 heavy (non-hydrogen) atoms. The van der Waals surface area contributed by atoms with Gasteiger partial charge in [0.1, 0.15) is 0 Å². The van der Waals surface area contributed by atoms with Gasteiger partial charge in [-0.3, -0.25) is 0 Å². The second kappa shape index (κ2) is 5.13. The van der Waals surface area contributed by atoms with Gasteiger partial charge in [-0.1, -0.05) is 0 Å². The van der Waals surface area contributed by atoms with Crippen LogP contribution in [0, 0.1) is 0 Å². The molecule has 2 nitrogen and oxygen atoms in total. The van der Waals surface area contributed by atoms with Crippen molar-refractivity contribution in [2.24, 2.45) is 0 Å². The molecule has 0 aromatic rings. The van der Waals surface area contributed by atoms with Crippen LogP contribution in [0.2, 0.25) is 0 Å². The molecule has 1 rings (SSSR count). The lowest BCUT2D eigenvalue weighted by molar-refractivity contribution is 0.335. The number of allylic oxidation sites excluding steroid dienone is 2. The molecule has 98 valence electrons. The molecule has 1 aliphatic carbocycles. The van der Waals surface area contributed by atoms with Gasteiger partial charge in [0.05, 0.1) is 0 Å². The quantitative estimate of drug-likeness (QED) is 0.765. The minimum absolute atomic E-state index is 0.941. The first-order chi connectivity index (χ1) is 7.17. The lowest BCUT2D eigenvalue weighted by atomic mass is 10.1. The molecule has 1 aliphatic rings. The highest BCUT2D eigenvalue weighted by Crippen LogP contribution is 2.47. The molecule has 0 heterocycles. The van der Waals surface area contributed by atoms with Gasteiger partial charge in [-0.15, -0.1) is 20.6 Å². The molecule has 0 unspecified atom stereocenters. The van der Waals surface area contributed by atoms with Crippen LogP contribution in [0.5, 0.6) is 0 Å². The molecule has 4 heteroatoms. The van der Waals surface area contributed by atoms with Crippen molar-refractivity contribution in [2.75, 3.05) is 37.5 Å². The maximum absolute atomic E-state index is 6.09. The van der Waals surface area contributed by atoms with E-state index in [0.717, 1.165) is 24.4 Å². The predicted molar refractivity (Wildman–Crippen MR) is 78.4 cm³/mol. The van der Waals surface area contributed by atoms with E-state index in [4.69, 9.17) is 8.37 Å². The Labute approximate surface area is 104 Å². The molecule has 0 saturated carbocycles. The first-order valence-corrected chi connectivity index (χ1v) is 11.2. The zero-order chi connectivity index (χ0) is 12.4. The van der Waals surface area contributed by atoms with Gasteiger partial charge in [-0.05, 0) is 50.4 Å². The summed E-state index contributed by atoms with van der Waals surface area (Å²) in [6.07, 6.45) is 17.6. The fraction of sp³-hybridized carbons (Fsp3) is 0.833. The molecular formula is C12H26O2S2. The largest absolute Gasteiger partial charge is 0.451 e. The normalized spacial score (nSPS) is 20.6. The van der Waals surface area contributed by atoms with Crippen molar-refractivity contribution < 1.29 is 8.37 Å². The van der Waals surface area contributed by atoms with Crippen LogP contribution >= 0.6 is 20.6 Å². The Hall–Kier alpha value is 0.0400. The molecular weight excluding hydrogens is 240 g/mol. The van der Waals surface area contributed by atoms with Crippen molar-refractivity contribution in [1.82, 2.24) is 0 Å². The molecule has 0 aromatic heterocycles. The maximum Gasteiger partial charge on any atom is 0.150 e. The molecule has 0 atom stereocenters. The Morgan fingerprint density at radius 1 is 0.688 bits per heavy atom. The van der Waals surface area contributed by atoms with Crippen molar-refractivity contribution in [3.8, 4) is 0 Å². The molecule has 0 aliphatic heterocycles. The molecule has 0 amide bonds. The molecule has 0 radical (unpaired) electrons. The number of hydrogen-bond acceptors (Lipinski definition) is 2. The summed E-state index contributed by atoms with van der Waals surface area (Å²) >= 11 is 0. The van der Waals surface area contributed by atoms with Gasteiger partial charge in [0.2, 0.25) is 0 Å². The van der Waals surface area contributed by atoms with Crippen molar-refractivity contribution in [2.45, 2.75) is 25.7 Å². The van der Waals surface area contributed by atoms with Crippen LogP contribution < -0.4 is 0 Å². The van der Waals surface area contributed by atoms with Crippen LogP contribution in [0.3, 0.4) is 0 Å². The Balaban J connectivity index is 2.79. The van der Waals surface area contributed by atoms with Gasteiger partial charge in [-0.25, -0.2) is 0 Å². The lowest BCUT2D eigenvalue weighted by Crippen LogP contribution is -2.10. The van der Waals surface area contributed by atoms with Crippen LogP contribution in [-0.2, 0) is 8.37 Å². The van der Waals surface area contributed by atoms with Crippen LogP contribution in [0.4, 0.5) is 0 Å². The summed E-state index contributed by atoms with van der Waals surface area (Å²) in [6, 6.07) is 0. The van der Waals surface area contributed by atoms with Gasteiger partial charge in [0, 0.05) is 12.8 Å². The monoisotopic (exact) mass is 266 g/mol. The average molecular weight is 266 g/mol. The third-order valence-electron chi connectivity index (χ3n) is 2.07. The van der Waals surface area contributed by atoms with Crippen LogP contribution in [0.25, 0.3) is 0 Å². The highest BCUT2D eigenvalue weighted by Gasteiger charge is 2.21. The molecule has 0 N–H and O–H groups in total. The third kappa shape index (κ3) is 5.39. The summed E-state index contributed by atoms with van der Waals surface area (Å²) in [5, 5.41) is 0. The number of rotatable bonds is 4. The summed E-state index contributed by atoms with van der Waals surface area (Å²) < 4.78 is 12.2. The fourth-order valence-electron chi connectivity index (χ4n) is 1.63. The van der Waals surface area contributed by atoms with E-state index in [1.807, 2.05) is 0 Å². The van der Waals surface area contributed by atoms with E-state index in [1.54, 1.807) is 0 Å². The highest BCUT2D eigenvalue weighted by molar-refractivity contribution is 8.28. The van der Waals surface area contributed by atoms with E-state index in [0.29, 0.717) is 0 Å². The van der Waals surface area contributed by atoms with E-state index in [-0.39, 0.29) is 0 Å². The zero-order valence-electron chi connectivity index (χ0n) is 11.5. The molecule has 0 saturated heterocycles. The first-order valence-electron chi connectivity index (χ1n) is 5.65. The highest BCUT2D eigenvalue weighted by atomic mass is 32.3. The van der Waals surface area contributed by atoms with Crippen LogP contribution in [0.1, 0.15) is 25.7 Å². The number of hydrogen-bond donors (Lipinski definition) is 0. The van der Waals surface area contributed by atoms with E-state index in [2.05, 4.69) is 37.5 Å². The molecule has 0 bridgehead atoms. The summed E-state index contributed by atoms with van der Waals surface area (Å²) in [4.78, 5) is 0. The zero-order valence-corrected chi connectivity index (χ0v) is 13.1. The summed E-state index contributed by atoms with van der Waals surface area (Å²) in [7, 11) is -1.88. The average Bonchev–Trinajstić information content (AvgIpc) is 2.03. The molecule has 0 aromatic carbocycles. The minimum Gasteiger partial charge on any atom is -0.451 e. The van der Waals surface area contributed by atoms with E-state index >= 15 is 0 Å². The topological polar surface area (TPSA) is 18.5 Å². The summed E-state index contributed by atoms with van der Waals surface area (Å²) in [5.41, 5.74) is 0. The van der Waals surface area contributed by atoms with Crippen molar-refractivity contribution in [1.29, 1.82) is 0 Å². The van der Waals surface area contributed by atoms with E-state index in [9.17, 15) is 0 Å². The van der Waals surface area contributed by atoms with Crippen molar-refractivity contribution >= 4 is 20.6 Å². The Kier molecular flexibility index (Phi) is 4.52. The van der Waals surface area contributed by atoms with Gasteiger partial charge >= 0.3 is 0 Å². The Morgan fingerprint density at radius 3 is 1.25 bits per heavy atom. The summed E-state index contributed by atoms with van der Waals surface area (Å²) in [6.45, 7) is 0. The van der Waals surface area contributed by atoms with Crippen LogP contribution in [0.15, 0.2) is 11.5 Å². The van der Waals surface area contributed by atoms with Gasteiger partial charge in [0.25, 0.3) is 0 Å². The Bertz CT molecular complexity index is 244. The Morgan fingerprint density at radius 2 is 1.00 bits per heavy atom. The van der Waals surface area contributed by atoms with Gasteiger partial charge < -0.3 is 8.37 Å². The van der Waals surface area contributed by atoms with E-state index < -0.39 is 20.6 Å². The second-order valence-corrected chi connectivity index (χ2v) is 12.9. The predicted octanol–water partition coefficient (Wildman–Crippen LogP) is 4.02. The lowest BCUT2D eigenvalue weighted by Gasteiger charge is -2.35. The fourth-order valence-corrected chi connectivity index (χ4v) is 3.19. The molecule has 0 fully saturated rings. The molecule has 0 spiro atoms. The smallest absolute Gasteiger partial charge is 0.150 e. The second-order valence-electron chi connectivity index (χ2n) is 5.67.